The second-order valence-electron chi connectivity index (χ2n) is 6.34. The molecule has 10 heteroatoms. The third-order valence-electron chi connectivity index (χ3n) is 4.34. The summed E-state index contributed by atoms with van der Waals surface area (Å²) < 4.78 is 71.2. The van der Waals surface area contributed by atoms with Crippen LogP contribution in [0.25, 0.3) is 0 Å². The van der Waals surface area contributed by atoms with E-state index in [1.54, 1.807) is 24.3 Å². The van der Waals surface area contributed by atoms with E-state index in [0.717, 1.165) is 10.4 Å². The van der Waals surface area contributed by atoms with Gasteiger partial charge in [-0.25, -0.2) is 8.42 Å². The Balaban J connectivity index is 1.86. The van der Waals surface area contributed by atoms with Crippen molar-refractivity contribution in [1.29, 1.82) is 5.26 Å². The molecule has 1 atom stereocenters. The lowest BCUT2D eigenvalue weighted by Crippen LogP contribution is -2.31. The number of rotatable bonds is 4. The van der Waals surface area contributed by atoms with E-state index in [9.17, 15) is 26.9 Å². The van der Waals surface area contributed by atoms with Gasteiger partial charge >= 0.3 is 6.18 Å². The molecule has 2 aromatic rings. The smallest absolute Gasteiger partial charge is 0.416 e. The van der Waals surface area contributed by atoms with E-state index in [2.05, 4.69) is 6.58 Å². The van der Waals surface area contributed by atoms with Crippen LogP contribution in [-0.4, -0.2) is 31.9 Å². The molecule has 0 amide bonds. The van der Waals surface area contributed by atoms with Gasteiger partial charge in [0, 0.05) is 11.6 Å². The van der Waals surface area contributed by atoms with Crippen molar-refractivity contribution in [3.63, 3.8) is 0 Å². The molecule has 2 aromatic carbocycles. The van der Waals surface area contributed by atoms with Crippen LogP contribution in [-0.2, 0) is 16.2 Å². The second kappa shape index (κ2) is 7.71. The van der Waals surface area contributed by atoms with Crippen molar-refractivity contribution in [3.05, 3.63) is 70.8 Å². The number of sulfonamides is 1. The van der Waals surface area contributed by atoms with Gasteiger partial charge in [0.05, 0.1) is 22.6 Å². The van der Waals surface area contributed by atoms with Crippen molar-refractivity contribution in [1.82, 2.24) is 4.31 Å². The minimum atomic E-state index is -4.69. The van der Waals surface area contributed by atoms with Crippen LogP contribution < -0.4 is 4.74 Å². The molecule has 0 saturated carbocycles. The quantitative estimate of drug-likeness (QED) is 0.664. The highest BCUT2D eigenvalue weighted by molar-refractivity contribution is 7.89. The second-order valence-corrected chi connectivity index (χ2v) is 8.68. The van der Waals surface area contributed by atoms with E-state index in [4.69, 9.17) is 16.3 Å². The molecular weight excluding hydrogens is 429 g/mol. The van der Waals surface area contributed by atoms with Gasteiger partial charge < -0.3 is 4.74 Å². The number of nitriles is 1. The molecule has 0 bridgehead atoms. The maximum atomic E-state index is 12.9. The molecule has 3 rings (SSSR count). The van der Waals surface area contributed by atoms with Crippen molar-refractivity contribution >= 4 is 21.6 Å². The van der Waals surface area contributed by atoms with Crippen molar-refractivity contribution < 1.29 is 26.3 Å². The van der Waals surface area contributed by atoms with Crippen molar-refractivity contribution in [3.8, 4) is 11.8 Å². The van der Waals surface area contributed by atoms with Crippen molar-refractivity contribution in [2.45, 2.75) is 17.2 Å². The van der Waals surface area contributed by atoms with Crippen molar-refractivity contribution in [2.24, 2.45) is 0 Å². The van der Waals surface area contributed by atoms with Crippen LogP contribution in [0.15, 0.2) is 59.5 Å². The number of halogens is 4. The predicted molar refractivity (Wildman–Crippen MR) is 99.9 cm³/mol. The zero-order valence-electron chi connectivity index (χ0n) is 14.8. The molecule has 29 heavy (non-hydrogen) atoms. The average molecular weight is 443 g/mol. The highest BCUT2D eigenvalue weighted by Crippen LogP contribution is 2.33. The minimum absolute atomic E-state index is 0.0769. The molecule has 1 saturated heterocycles. The Kier molecular flexibility index (Phi) is 5.63. The topological polar surface area (TPSA) is 70.4 Å². The third-order valence-corrected chi connectivity index (χ3v) is 6.46. The minimum Gasteiger partial charge on any atom is -0.485 e. The van der Waals surface area contributed by atoms with Gasteiger partial charge in [-0.05, 0) is 48.0 Å². The molecule has 0 aliphatic carbocycles. The highest BCUT2D eigenvalue weighted by atomic mass is 35.5. The van der Waals surface area contributed by atoms with Crippen LogP contribution in [0.4, 0.5) is 13.2 Å². The lowest BCUT2D eigenvalue weighted by molar-refractivity contribution is -0.137. The molecule has 0 N–H and O–H groups in total. The number of hydrogen-bond donors (Lipinski definition) is 0. The molecular formula is C19H14ClF3N2O3S. The summed E-state index contributed by atoms with van der Waals surface area (Å²) in [5.74, 6) is 0.465. The Morgan fingerprint density at radius 1 is 1.21 bits per heavy atom. The van der Waals surface area contributed by atoms with E-state index in [1.165, 1.54) is 6.07 Å². The summed E-state index contributed by atoms with van der Waals surface area (Å²) >= 11 is 5.82. The summed E-state index contributed by atoms with van der Waals surface area (Å²) in [5, 5.41) is 9.69. The summed E-state index contributed by atoms with van der Waals surface area (Å²) in [6.07, 6.45) is -5.33. The number of alkyl halides is 3. The van der Waals surface area contributed by atoms with Gasteiger partial charge in [-0.3, -0.25) is 0 Å². The van der Waals surface area contributed by atoms with E-state index in [0.29, 0.717) is 28.5 Å². The first-order valence-electron chi connectivity index (χ1n) is 8.24. The number of hydrogen-bond acceptors (Lipinski definition) is 4. The number of benzene rings is 2. The monoisotopic (exact) mass is 442 g/mol. The first kappa shape index (κ1) is 21.2. The zero-order chi connectivity index (χ0) is 21.4. The van der Waals surface area contributed by atoms with E-state index >= 15 is 0 Å². The molecule has 152 valence electrons. The fourth-order valence-electron chi connectivity index (χ4n) is 2.85. The van der Waals surface area contributed by atoms with Crippen LogP contribution in [0.3, 0.4) is 0 Å². The van der Waals surface area contributed by atoms with Crippen LogP contribution in [0, 0.1) is 11.3 Å². The van der Waals surface area contributed by atoms with Gasteiger partial charge in [0.25, 0.3) is 0 Å². The highest BCUT2D eigenvalue weighted by Gasteiger charge is 2.38. The maximum absolute atomic E-state index is 12.9. The molecule has 0 spiro atoms. The molecule has 0 aromatic heterocycles. The van der Waals surface area contributed by atoms with Gasteiger partial charge in [-0.1, -0.05) is 18.2 Å². The van der Waals surface area contributed by atoms with Crippen LogP contribution in [0.5, 0.6) is 5.75 Å². The molecule has 1 aliphatic heterocycles. The Labute approximate surface area is 170 Å². The molecule has 1 aliphatic rings. The fourth-order valence-corrected chi connectivity index (χ4v) is 4.54. The molecule has 5 nitrogen and oxygen atoms in total. The van der Waals surface area contributed by atoms with Gasteiger partial charge in [-0.15, -0.1) is 0 Å². The Hall–Kier alpha value is -2.54. The van der Waals surface area contributed by atoms with Crippen molar-refractivity contribution in [2.75, 3.05) is 13.1 Å². The third kappa shape index (κ3) is 4.40. The Morgan fingerprint density at radius 2 is 1.86 bits per heavy atom. The Bertz CT molecular complexity index is 1090. The van der Waals surface area contributed by atoms with Crippen LogP contribution >= 0.6 is 11.6 Å². The van der Waals surface area contributed by atoms with Gasteiger partial charge in [0.15, 0.2) is 0 Å². The average Bonchev–Trinajstić information content (AvgIpc) is 3.03. The summed E-state index contributed by atoms with van der Waals surface area (Å²) in [6.45, 7) is 3.66. The summed E-state index contributed by atoms with van der Waals surface area (Å²) in [4.78, 5) is -0.493. The molecule has 0 unspecified atom stereocenters. The van der Waals surface area contributed by atoms with Crippen LogP contribution in [0.2, 0.25) is 5.02 Å². The number of nitrogens with zero attached hydrogens (tertiary/aromatic N) is 2. The van der Waals surface area contributed by atoms with E-state index in [1.807, 2.05) is 0 Å². The zero-order valence-corrected chi connectivity index (χ0v) is 16.4. The summed E-state index contributed by atoms with van der Waals surface area (Å²) in [6, 6.07) is 9.97. The van der Waals surface area contributed by atoms with Gasteiger partial charge in [-0.2, -0.15) is 22.7 Å². The normalized spacial score (nSPS) is 17.9. The summed E-state index contributed by atoms with van der Waals surface area (Å²) in [5.41, 5.74) is -1.19. The molecule has 1 fully saturated rings. The predicted octanol–water partition coefficient (Wildman–Crippen LogP) is 4.24. The maximum Gasteiger partial charge on any atom is 0.416 e. The first-order valence-corrected chi connectivity index (χ1v) is 10.1. The van der Waals surface area contributed by atoms with Gasteiger partial charge in [0.2, 0.25) is 10.0 Å². The first-order chi connectivity index (χ1) is 13.5. The fraction of sp³-hybridized carbons (Fsp3) is 0.211. The lowest BCUT2D eigenvalue weighted by Gasteiger charge is -2.18. The largest absolute Gasteiger partial charge is 0.485 e. The summed E-state index contributed by atoms with van der Waals surface area (Å²) in [7, 11) is -4.23. The molecule has 0 radical (unpaired) electrons. The van der Waals surface area contributed by atoms with E-state index in [-0.39, 0.29) is 13.1 Å². The Morgan fingerprint density at radius 3 is 2.45 bits per heavy atom. The lowest BCUT2D eigenvalue weighted by atomic mass is 10.1. The molecule has 1 heterocycles. The van der Waals surface area contributed by atoms with Gasteiger partial charge in [0.1, 0.15) is 17.9 Å². The van der Waals surface area contributed by atoms with Crippen LogP contribution in [0.1, 0.15) is 11.1 Å². The number of ether oxygens (including phenoxy) is 1. The SMILES string of the molecule is C=C1CN(S(=O)(=O)c2ccc(C(F)(F)F)cc2C#N)C[C@@H]1Oc1ccc(Cl)cc1. The standard InChI is InChI=1S/C19H14ClF3N2O3S/c1-12-10-25(11-17(12)28-16-5-3-15(20)4-6-16)29(26,27)18-7-2-14(19(21,22)23)8-13(18)9-24/h2-8,17H,1,10-11H2/t17-/m0/s1. The van der Waals surface area contributed by atoms with E-state index < -0.39 is 38.3 Å².